The maximum absolute atomic E-state index is 14.5. The molecule has 0 aromatic carbocycles. The molecule has 40 heavy (non-hydrogen) atoms. The van der Waals surface area contributed by atoms with Crippen LogP contribution in [-0.2, 0) is 14.4 Å². The molecule has 0 aliphatic heterocycles. The minimum atomic E-state index is -1.54. The zero-order valence-corrected chi connectivity index (χ0v) is 26.7. The van der Waals surface area contributed by atoms with Crippen LogP contribution >= 0.6 is 0 Å². The number of amides is 1. The van der Waals surface area contributed by atoms with Crippen LogP contribution in [0.5, 0.6) is 0 Å². The highest BCUT2D eigenvalue weighted by Crippen LogP contribution is 2.75. The summed E-state index contributed by atoms with van der Waals surface area (Å²) in [5.74, 6) is -0.187. The van der Waals surface area contributed by atoms with Gasteiger partial charge in [0.25, 0.3) is 0 Å². The quantitative estimate of drug-likeness (QED) is 0.406. The second-order valence-corrected chi connectivity index (χ2v) is 17.4. The number of rotatable bonds is 2. The molecule has 0 radical (unpaired) electrons. The Balaban J connectivity index is 1.60. The number of carbonyl (C=O) groups is 3. The van der Waals surface area contributed by atoms with Gasteiger partial charge >= 0.3 is 0 Å². The molecule has 0 aromatic rings. The van der Waals surface area contributed by atoms with E-state index in [1.165, 1.54) is 0 Å². The summed E-state index contributed by atoms with van der Waals surface area (Å²) >= 11 is 0. The summed E-state index contributed by atoms with van der Waals surface area (Å²) < 4.78 is 0. The summed E-state index contributed by atoms with van der Waals surface area (Å²) in [5, 5.41) is 16.2. The number of carbonyl (C=O) groups excluding carboxylic acids is 3. The molecular weight excluding hydrogens is 498 g/mol. The third-order valence-electron chi connectivity index (χ3n) is 13.4. The van der Waals surface area contributed by atoms with Gasteiger partial charge in [-0.1, -0.05) is 75.3 Å². The van der Waals surface area contributed by atoms with Crippen molar-refractivity contribution in [2.75, 3.05) is 6.54 Å². The average molecular weight is 552 g/mol. The summed E-state index contributed by atoms with van der Waals surface area (Å²) in [4.78, 5) is 41.1. The first-order valence-corrected chi connectivity index (χ1v) is 15.6. The summed E-state index contributed by atoms with van der Waals surface area (Å²) in [6.45, 7) is 22.0. The Hall–Kier alpha value is -1.75. The number of hydrogen-bond donors (Lipinski definition) is 2. The molecule has 0 aromatic heterocycles. The van der Waals surface area contributed by atoms with E-state index in [0.29, 0.717) is 13.0 Å². The van der Waals surface area contributed by atoms with E-state index in [9.17, 15) is 19.5 Å². The van der Waals surface area contributed by atoms with Crippen LogP contribution in [0.2, 0.25) is 0 Å². The maximum Gasteiger partial charge on any atom is 0.225 e. The third-order valence-corrected chi connectivity index (χ3v) is 13.4. The van der Waals surface area contributed by atoms with Crippen molar-refractivity contribution in [3.63, 3.8) is 0 Å². The molecule has 8 atom stereocenters. The number of aliphatic hydroxyl groups is 1. The Labute approximate surface area is 242 Å². The van der Waals surface area contributed by atoms with Crippen LogP contribution in [0.4, 0.5) is 0 Å². The van der Waals surface area contributed by atoms with Crippen molar-refractivity contribution in [1.29, 1.82) is 0 Å². The molecule has 0 saturated heterocycles. The lowest BCUT2D eigenvalue weighted by atomic mass is 9.33. The normalized spacial score (nSPS) is 47.8. The predicted molar refractivity (Wildman–Crippen MR) is 158 cm³/mol. The second-order valence-electron chi connectivity index (χ2n) is 17.4. The van der Waals surface area contributed by atoms with E-state index in [0.717, 1.165) is 44.1 Å². The molecule has 5 aliphatic rings. The number of ketones is 2. The lowest BCUT2D eigenvalue weighted by molar-refractivity contribution is -0.242. The van der Waals surface area contributed by atoms with E-state index in [1.807, 2.05) is 20.8 Å². The third kappa shape index (κ3) is 3.64. The highest BCUT2D eigenvalue weighted by molar-refractivity contribution is 6.01. The highest BCUT2D eigenvalue weighted by atomic mass is 16.3. The molecule has 3 saturated carbocycles. The smallest absolute Gasteiger partial charge is 0.225 e. The van der Waals surface area contributed by atoms with E-state index in [2.05, 4.69) is 59.9 Å². The molecule has 5 nitrogen and oxygen atoms in total. The lowest BCUT2D eigenvalue weighted by Crippen LogP contribution is -2.74. The van der Waals surface area contributed by atoms with Crippen LogP contribution in [0.1, 0.15) is 114 Å². The zero-order valence-electron chi connectivity index (χ0n) is 26.7. The summed E-state index contributed by atoms with van der Waals surface area (Å²) in [5.41, 5.74) is -3.28. The molecule has 8 unspecified atom stereocenters. The topological polar surface area (TPSA) is 83.5 Å². The summed E-state index contributed by atoms with van der Waals surface area (Å²) in [6.07, 6.45) is 11.1. The SMILES string of the molecule is CC(C)(C)CNC(=O)C1(C)CCC2(C)CCC3(C)C4(C)CCC5C(C)(C)C(=O)C=CC5(C)C4=CC(=O)C3(O)C2C1. The average Bonchev–Trinajstić information content (AvgIpc) is 2.85. The van der Waals surface area contributed by atoms with Gasteiger partial charge in [-0.25, -0.2) is 0 Å². The highest BCUT2D eigenvalue weighted by Gasteiger charge is 2.75. The molecule has 0 heterocycles. The van der Waals surface area contributed by atoms with Gasteiger partial charge in [0.1, 0.15) is 5.60 Å². The minimum Gasteiger partial charge on any atom is -0.381 e. The zero-order chi connectivity index (χ0) is 29.9. The van der Waals surface area contributed by atoms with Gasteiger partial charge in [-0.05, 0) is 84.8 Å². The van der Waals surface area contributed by atoms with Crippen molar-refractivity contribution in [2.45, 2.75) is 120 Å². The Morgan fingerprint density at radius 2 is 1.55 bits per heavy atom. The van der Waals surface area contributed by atoms with Crippen LogP contribution in [0.25, 0.3) is 0 Å². The molecule has 2 N–H and O–H groups in total. The van der Waals surface area contributed by atoms with Crippen LogP contribution in [-0.4, -0.2) is 34.7 Å². The van der Waals surface area contributed by atoms with Gasteiger partial charge in [-0.2, -0.15) is 0 Å². The van der Waals surface area contributed by atoms with Crippen LogP contribution < -0.4 is 5.32 Å². The largest absolute Gasteiger partial charge is 0.381 e. The van der Waals surface area contributed by atoms with Crippen molar-refractivity contribution < 1.29 is 19.5 Å². The fraction of sp³-hybridized carbons (Fsp3) is 0.800. The maximum atomic E-state index is 14.5. The van der Waals surface area contributed by atoms with E-state index in [4.69, 9.17) is 0 Å². The van der Waals surface area contributed by atoms with Gasteiger partial charge in [-0.15, -0.1) is 0 Å². The van der Waals surface area contributed by atoms with E-state index in [-0.39, 0.29) is 40.1 Å². The predicted octanol–water partition coefficient (Wildman–Crippen LogP) is 6.59. The number of nitrogens with one attached hydrogen (secondary N) is 1. The van der Waals surface area contributed by atoms with Crippen molar-refractivity contribution >= 4 is 17.5 Å². The molecule has 5 rings (SSSR count). The van der Waals surface area contributed by atoms with Gasteiger partial charge in [0.05, 0.1) is 0 Å². The summed E-state index contributed by atoms with van der Waals surface area (Å²) in [6, 6.07) is 0. The Morgan fingerprint density at radius 1 is 0.925 bits per heavy atom. The van der Waals surface area contributed by atoms with Gasteiger partial charge in [0, 0.05) is 34.1 Å². The first kappa shape index (κ1) is 29.7. The fourth-order valence-electron chi connectivity index (χ4n) is 10.2. The molecule has 222 valence electrons. The Morgan fingerprint density at radius 3 is 2.17 bits per heavy atom. The van der Waals surface area contributed by atoms with Crippen LogP contribution in [0.15, 0.2) is 23.8 Å². The van der Waals surface area contributed by atoms with Crippen molar-refractivity contribution in [1.82, 2.24) is 5.32 Å². The van der Waals surface area contributed by atoms with Crippen molar-refractivity contribution in [3.05, 3.63) is 23.8 Å². The van der Waals surface area contributed by atoms with Crippen LogP contribution in [0, 0.1) is 49.7 Å². The summed E-state index contributed by atoms with van der Waals surface area (Å²) in [7, 11) is 0. The Bertz CT molecular complexity index is 1220. The molecule has 0 spiro atoms. The van der Waals surface area contributed by atoms with Crippen LogP contribution in [0.3, 0.4) is 0 Å². The molecular formula is C35H53NO4. The molecule has 0 bridgehead atoms. The van der Waals surface area contributed by atoms with Gasteiger partial charge < -0.3 is 10.4 Å². The number of allylic oxidation sites excluding steroid dienone is 3. The fourth-order valence-corrected chi connectivity index (χ4v) is 10.2. The number of fused-ring (bicyclic) bond motifs is 7. The molecule has 5 heteroatoms. The molecule has 5 aliphatic carbocycles. The van der Waals surface area contributed by atoms with E-state index in [1.54, 1.807) is 12.2 Å². The Kier molecular flexibility index (Phi) is 6.26. The van der Waals surface area contributed by atoms with E-state index < -0.39 is 32.7 Å². The van der Waals surface area contributed by atoms with Gasteiger partial charge in [0.2, 0.25) is 5.91 Å². The first-order chi connectivity index (χ1) is 18.1. The monoisotopic (exact) mass is 551 g/mol. The second kappa shape index (κ2) is 8.42. The standard InChI is InChI=1S/C35H53NO4/c1-28(2,3)21-36-27(39)31(7)16-15-30(6)17-18-34(10)33(9)14-11-22-29(4,5)25(37)12-13-32(22,8)23(33)19-26(38)35(34,40)24(30)20-31/h12-13,19,22,24,40H,11,14-18,20-21H2,1-10H3,(H,36,39). The first-order valence-electron chi connectivity index (χ1n) is 15.6. The molecule has 3 fully saturated rings. The lowest BCUT2D eigenvalue weighted by Gasteiger charge is -2.71. The number of hydrogen-bond acceptors (Lipinski definition) is 4. The van der Waals surface area contributed by atoms with Crippen molar-refractivity contribution in [3.8, 4) is 0 Å². The molecule has 1 amide bonds. The van der Waals surface area contributed by atoms with E-state index >= 15 is 0 Å². The van der Waals surface area contributed by atoms with Crippen molar-refractivity contribution in [2.24, 2.45) is 49.7 Å². The van der Waals surface area contributed by atoms with Gasteiger partial charge in [-0.3, -0.25) is 14.4 Å². The minimum absolute atomic E-state index is 0.0202. The van der Waals surface area contributed by atoms with Gasteiger partial charge in [0.15, 0.2) is 11.6 Å².